The van der Waals surface area contributed by atoms with Crippen LogP contribution in [0.5, 0.6) is 0 Å². The van der Waals surface area contributed by atoms with Gasteiger partial charge < -0.3 is 29.8 Å². The van der Waals surface area contributed by atoms with E-state index in [1.54, 1.807) is 0 Å². The molecule has 1 aromatic rings. The van der Waals surface area contributed by atoms with E-state index in [4.69, 9.17) is 0 Å². The Labute approximate surface area is 156 Å². The second-order valence-electron chi connectivity index (χ2n) is 6.56. The maximum absolute atomic E-state index is 3.87. The second kappa shape index (κ2) is 8.29. The van der Waals surface area contributed by atoms with E-state index in [-0.39, 0.29) is 56.6 Å². The average Bonchev–Trinajstić information content (AvgIpc) is 2.57. The van der Waals surface area contributed by atoms with Crippen molar-refractivity contribution < 1.29 is 51.0 Å². The summed E-state index contributed by atoms with van der Waals surface area (Å²) in [5.74, 6) is 0. The van der Waals surface area contributed by atoms with Crippen LogP contribution in [-0.2, 0) is 26.2 Å². The number of fused-ring (bicyclic) bond motifs is 1. The predicted molar refractivity (Wildman–Crippen MR) is 78.6 cm³/mol. The molecule has 1 nitrogen and oxygen atoms in total. The summed E-state index contributed by atoms with van der Waals surface area (Å²) in [5.41, 5.74) is 3.69. The Hall–Kier alpha value is 0.600. The molecule has 0 bridgehead atoms. The summed E-state index contributed by atoms with van der Waals surface area (Å²) in [6.45, 7) is 11.6. The first-order valence-electron chi connectivity index (χ1n) is 6.36. The van der Waals surface area contributed by atoms with Gasteiger partial charge >= 0.3 is 26.2 Å². The van der Waals surface area contributed by atoms with E-state index >= 15 is 0 Å². The van der Waals surface area contributed by atoms with Crippen molar-refractivity contribution in [3.63, 3.8) is 0 Å². The molecule has 1 atom stereocenters. The minimum Gasteiger partial charge on any atom is -1.00 e. The fourth-order valence-electron chi connectivity index (χ4n) is 2.92. The molecule has 0 radical (unpaired) electrons. The minimum atomic E-state index is -1.49. The van der Waals surface area contributed by atoms with Crippen molar-refractivity contribution in [3.05, 3.63) is 41.5 Å². The molecule has 20 heavy (non-hydrogen) atoms. The summed E-state index contributed by atoms with van der Waals surface area (Å²) in [5, 5.41) is 0. The van der Waals surface area contributed by atoms with Gasteiger partial charge in [0.05, 0.1) is 0 Å². The molecule has 5 heteroatoms. The third-order valence-corrected chi connectivity index (χ3v) is 6.73. The average molecular weight is 408 g/mol. The molecule has 0 saturated carbocycles. The van der Waals surface area contributed by atoms with Crippen LogP contribution in [0.1, 0.15) is 37.4 Å². The zero-order valence-electron chi connectivity index (χ0n) is 12.8. The van der Waals surface area contributed by atoms with Gasteiger partial charge in [-0.25, -0.2) is 0 Å². The molecule has 1 aliphatic rings. The van der Waals surface area contributed by atoms with Gasteiger partial charge in [0.2, 0.25) is 0 Å². The van der Waals surface area contributed by atoms with Gasteiger partial charge in [-0.1, -0.05) is 49.5 Å². The molecule has 0 saturated heterocycles. The number of benzene rings is 1. The summed E-state index contributed by atoms with van der Waals surface area (Å²) in [7, 11) is -1.49. The van der Waals surface area contributed by atoms with Gasteiger partial charge in [0.1, 0.15) is 8.24 Å². The third-order valence-electron chi connectivity index (χ3n) is 3.27. The molecule has 1 aromatic carbocycles. The van der Waals surface area contributed by atoms with Crippen molar-refractivity contribution >= 4 is 14.3 Å². The maximum atomic E-state index is 3.87. The van der Waals surface area contributed by atoms with Crippen molar-refractivity contribution in [2.24, 2.45) is 0 Å². The van der Waals surface area contributed by atoms with Crippen molar-refractivity contribution in [1.82, 2.24) is 4.98 Å². The van der Waals surface area contributed by atoms with Gasteiger partial charge in [0.25, 0.3) is 0 Å². The molecule has 1 aliphatic carbocycles. The van der Waals surface area contributed by atoms with Crippen LogP contribution < -0.4 is 29.8 Å². The van der Waals surface area contributed by atoms with E-state index in [9.17, 15) is 0 Å². The zero-order valence-corrected chi connectivity index (χ0v) is 17.8. The van der Waals surface area contributed by atoms with Crippen molar-refractivity contribution in [2.45, 2.75) is 44.9 Å². The number of rotatable bonds is 2. The van der Waals surface area contributed by atoms with E-state index < -0.39 is 8.24 Å². The van der Waals surface area contributed by atoms with Crippen LogP contribution in [0.15, 0.2) is 30.3 Å². The number of halogens is 2. The van der Waals surface area contributed by atoms with Crippen molar-refractivity contribution in [1.29, 1.82) is 0 Å². The van der Waals surface area contributed by atoms with Crippen LogP contribution in [0, 0.1) is 0 Å². The number of nitrogens with one attached hydrogen (secondary N) is 1. The van der Waals surface area contributed by atoms with Gasteiger partial charge in [0.15, 0.2) is 0 Å². The number of hydrogen-bond acceptors (Lipinski definition) is 1. The van der Waals surface area contributed by atoms with E-state index in [2.05, 4.69) is 75.3 Å². The normalized spacial score (nSPS) is 16.6. The quantitative estimate of drug-likeness (QED) is 0.556. The molecular weight excluding hydrogens is 384 g/mol. The Bertz CT molecular complexity index is 455. The third kappa shape index (κ3) is 5.42. The number of allylic oxidation sites excluding steroid dienone is 1. The summed E-state index contributed by atoms with van der Waals surface area (Å²) in [6, 6.07) is 8.77. The topological polar surface area (TPSA) is 12.0 Å². The first-order valence-corrected chi connectivity index (χ1v) is 9.44. The first-order chi connectivity index (χ1) is 7.80. The molecule has 0 fully saturated rings. The van der Waals surface area contributed by atoms with Crippen LogP contribution >= 0.6 is 0 Å². The maximum Gasteiger partial charge on any atom is 2.00 e. The smallest absolute Gasteiger partial charge is 1.00 e. The summed E-state index contributed by atoms with van der Waals surface area (Å²) < 4.78 is 0. The summed E-state index contributed by atoms with van der Waals surface area (Å²) >= 11 is 0. The summed E-state index contributed by atoms with van der Waals surface area (Å²) in [6.07, 6.45) is 4.66. The van der Waals surface area contributed by atoms with E-state index in [1.165, 1.54) is 11.1 Å². The van der Waals surface area contributed by atoms with Crippen molar-refractivity contribution in [2.75, 3.05) is 0 Å². The standard InChI is InChI=1S/C15H23NSi.2ClH.Zr/c1-15(2,3)16-17(4,5)14-11-10-12-8-6-7-9-13(12)14;;;/h6-11,14,16H,1-5H3;2*1H;/q;;;+2/p-2. The van der Waals surface area contributed by atoms with Crippen LogP contribution in [0.3, 0.4) is 0 Å². The SMILES string of the molecule is CC(C)(C)N[Si](C)(C)C1C=Cc2ccccc21.[Cl-].[Cl-].[Zr+2]. The van der Waals surface area contributed by atoms with Gasteiger partial charge in [-0.05, 0) is 31.9 Å². The first kappa shape index (κ1) is 22.9. The fraction of sp³-hybridized carbons (Fsp3) is 0.467. The molecule has 1 N–H and O–H groups in total. The molecule has 1 unspecified atom stereocenters. The van der Waals surface area contributed by atoms with Gasteiger partial charge in [-0.15, -0.1) is 0 Å². The second-order valence-corrected chi connectivity index (χ2v) is 10.9. The molecule has 0 spiro atoms. The molecule has 2 rings (SSSR count). The van der Waals surface area contributed by atoms with E-state index in [0.29, 0.717) is 5.54 Å². The number of hydrogen-bond donors (Lipinski definition) is 1. The van der Waals surface area contributed by atoms with Gasteiger partial charge in [-0.2, -0.15) is 0 Å². The Kier molecular flexibility index (Phi) is 9.48. The molecule has 0 heterocycles. The molecule has 110 valence electrons. The Morgan fingerprint density at radius 2 is 1.60 bits per heavy atom. The Morgan fingerprint density at radius 3 is 2.15 bits per heavy atom. The Morgan fingerprint density at radius 1 is 1.05 bits per heavy atom. The molecular formula is C15H23Cl2NSiZr. The van der Waals surface area contributed by atoms with Crippen molar-refractivity contribution in [3.8, 4) is 0 Å². The van der Waals surface area contributed by atoms with Gasteiger partial charge in [-0.3, -0.25) is 0 Å². The fourth-order valence-corrected chi connectivity index (χ4v) is 6.63. The van der Waals surface area contributed by atoms with Gasteiger partial charge in [0, 0.05) is 11.1 Å². The van der Waals surface area contributed by atoms with E-state index in [0.717, 1.165) is 0 Å². The minimum absolute atomic E-state index is 0. The van der Waals surface area contributed by atoms with Crippen LogP contribution in [0.25, 0.3) is 6.08 Å². The molecule has 0 aliphatic heterocycles. The zero-order chi connectivity index (χ0) is 12.7. The molecule has 0 amide bonds. The van der Waals surface area contributed by atoms with Crippen LogP contribution in [-0.4, -0.2) is 13.8 Å². The molecule has 0 aromatic heterocycles. The summed E-state index contributed by atoms with van der Waals surface area (Å²) in [4.78, 5) is 3.87. The largest absolute Gasteiger partial charge is 2.00 e. The predicted octanol–water partition coefficient (Wildman–Crippen LogP) is -2.07. The monoisotopic (exact) mass is 405 g/mol. The van der Waals surface area contributed by atoms with Crippen LogP contribution in [0.2, 0.25) is 13.1 Å². The van der Waals surface area contributed by atoms with E-state index in [1.807, 2.05) is 0 Å². The van der Waals surface area contributed by atoms with Crippen LogP contribution in [0.4, 0.5) is 0 Å². The Balaban J connectivity index is 0.